The summed E-state index contributed by atoms with van der Waals surface area (Å²) in [5.74, 6) is 0.877. The van der Waals surface area contributed by atoms with E-state index in [9.17, 15) is 0 Å². The highest BCUT2D eigenvalue weighted by molar-refractivity contribution is 5.85. The van der Waals surface area contributed by atoms with Crippen molar-refractivity contribution in [2.75, 3.05) is 13.7 Å². The van der Waals surface area contributed by atoms with E-state index in [4.69, 9.17) is 16.2 Å². The SMILES string of the molecule is COc1ccc2cc([C@@H](N)CCCN)ccc2c1.Cl. The smallest absolute Gasteiger partial charge is 0.119 e. The predicted octanol–water partition coefficient (Wildman–Crippen LogP) is 3.01. The fourth-order valence-corrected chi connectivity index (χ4v) is 2.10. The standard InChI is InChI=1S/C15H20N2O.ClH/c1-18-14-7-6-11-9-13(5-4-12(11)10-14)15(17)3-2-8-16;/h4-7,9-10,15H,2-3,8,16-17H2,1H3;1H/t15-;/m0./s1. The lowest BCUT2D eigenvalue weighted by Gasteiger charge is -2.12. The number of ether oxygens (including phenoxy) is 1. The average Bonchev–Trinajstić information content (AvgIpc) is 2.43. The van der Waals surface area contributed by atoms with Gasteiger partial charge in [-0.3, -0.25) is 0 Å². The van der Waals surface area contributed by atoms with Crippen LogP contribution in [0.25, 0.3) is 10.8 Å². The highest BCUT2D eigenvalue weighted by Gasteiger charge is 2.06. The van der Waals surface area contributed by atoms with Crippen LogP contribution in [0.1, 0.15) is 24.4 Å². The summed E-state index contributed by atoms with van der Waals surface area (Å²) in [6.07, 6.45) is 1.89. The number of benzene rings is 2. The molecule has 0 spiro atoms. The fourth-order valence-electron chi connectivity index (χ4n) is 2.10. The Bertz CT molecular complexity index is 531. The van der Waals surface area contributed by atoms with Gasteiger partial charge in [-0.1, -0.05) is 18.2 Å². The van der Waals surface area contributed by atoms with Crippen molar-refractivity contribution in [2.45, 2.75) is 18.9 Å². The quantitative estimate of drug-likeness (QED) is 0.885. The lowest BCUT2D eigenvalue weighted by Crippen LogP contribution is -2.12. The Morgan fingerprint density at radius 3 is 2.47 bits per heavy atom. The van der Waals surface area contributed by atoms with Crippen molar-refractivity contribution in [1.29, 1.82) is 0 Å². The van der Waals surface area contributed by atoms with Gasteiger partial charge in [0.1, 0.15) is 5.75 Å². The lowest BCUT2D eigenvalue weighted by atomic mass is 9.99. The summed E-state index contributed by atoms with van der Waals surface area (Å²) in [7, 11) is 1.68. The molecule has 0 aromatic heterocycles. The van der Waals surface area contributed by atoms with Gasteiger partial charge >= 0.3 is 0 Å². The first-order chi connectivity index (χ1) is 8.74. The van der Waals surface area contributed by atoms with Crippen LogP contribution in [-0.2, 0) is 0 Å². The molecule has 0 bridgehead atoms. The summed E-state index contributed by atoms with van der Waals surface area (Å²) in [4.78, 5) is 0. The molecule has 0 unspecified atom stereocenters. The number of hydrogen-bond acceptors (Lipinski definition) is 3. The van der Waals surface area contributed by atoms with Crippen LogP contribution in [0.4, 0.5) is 0 Å². The van der Waals surface area contributed by atoms with Gasteiger partial charge in [0.15, 0.2) is 0 Å². The summed E-state index contributed by atoms with van der Waals surface area (Å²) >= 11 is 0. The third-order valence-electron chi connectivity index (χ3n) is 3.22. The molecule has 0 heterocycles. The van der Waals surface area contributed by atoms with E-state index in [1.165, 1.54) is 16.3 Å². The molecule has 4 heteroatoms. The molecular weight excluding hydrogens is 260 g/mol. The monoisotopic (exact) mass is 280 g/mol. The highest BCUT2D eigenvalue weighted by atomic mass is 35.5. The summed E-state index contributed by atoms with van der Waals surface area (Å²) < 4.78 is 5.21. The van der Waals surface area contributed by atoms with E-state index in [1.807, 2.05) is 12.1 Å². The van der Waals surface area contributed by atoms with Crippen LogP contribution >= 0.6 is 12.4 Å². The molecule has 0 aliphatic heterocycles. The Labute approximate surface area is 120 Å². The summed E-state index contributed by atoms with van der Waals surface area (Å²) in [5, 5.41) is 2.36. The van der Waals surface area contributed by atoms with Crippen LogP contribution in [0.5, 0.6) is 5.75 Å². The first-order valence-corrected chi connectivity index (χ1v) is 6.28. The van der Waals surface area contributed by atoms with Crippen molar-refractivity contribution in [3.63, 3.8) is 0 Å². The molecule has 0 saturated carbocycles. The normalized spacial score (nSPS) is 11.9. The van der Waals surface area contributed by atoms with Crippen LogP contribution in [-0.4, -0.2) is 13.7 Å². The van der Waals surface area contributed by atoms with Crippen molar-refractivity contribution >= 4 is 23.2 Å². The first-order valence-electron chi connectivity index (χ1n) is 6.28. The molecule has 2 aromatic rings. The van der Waals surface area contributed by atoms with Crippen molar-refractivity contribution in [2.24, 2.45) is 11.5 Å². The maximum atomic E-state index is 6.15. The van der Waals surface area contributed by atoms with Gasteiger partial charge in [0.2, 0.25) is 0 Å². The Morgan fingerprint density at radius 2 is 1.79 bits per heavy atom. The summed E-state index contributed by atoms with van der Waals surface area (Å²) in [6, 6.07) is 12.5. The number of fused-ring (bicyclic) bond motifs is 1. The second kappa shape index (κ2) is 7.34. The molecule has 4 N–H and O–H groups in total. The Morgan fingerprint density at radius 1 is 1.11 bits per heavy atom. The van der Waals surface area contributed by atoms with Gasteiger partial charge in [-0.2, -0.15) is 0 Å². The van der Waals surface area contributed by atoms with Crippen LogP contribution in [0.3, 0.4) is 0 Å². The summed E-state index contributed by atoms with van der Waals surface area (Å²) in [5.41, 5.74) is 12.8. The summed E-state index contributed by atoms with van der Waals surface area (Å²) in [6.45, 7) is 0.693. The minimum Gasteiger partial charge on any atom is -0.497 e. The zero-order valence-corrected chi connectivity index (χ0v) is 12.0. The van der Waals surface area contributed by atoms with Crippen LogP contribution in [0.15, 0.2) is 36.4 Å². The van der Waals surface area contributed by atoms with Crippen LogP contribution < -0.4 is 16.2 Å². The largest absolute Gasteiger partial charge is 0.497 e. The van der Waals surface area contributed by atoms with Gasteiger partial charge in [-0.05, 0) is 53.9 Å². The van der Waals surface area contributed by atoms with E-state index in [1.54, 1.807) is 7.11 Å². The molecule has 104 valence electrons. The van der Waals surface area contributed by atoms with Gasteiger partial charge in [0, 0.05) is 6.04 Å². The molecule has 0 amide bonds. The fraction of sp³-hybridized carbons (Fsp3) is 0.333. The minimum absolute atomic E-state index is 0. The van der Waals surface area contributed by atoms with E-state index in [0.29, 0.717) is 6.54 Å². The van der Waals surface area contributed by atoms with Gasteiger partial charge in [0.05, 0.1) is 7.11 Å². The van der Waals surface area contributed by atoms with Crippen LogP contribution in [0, 0.1) is 0 Å². The zero-order valence-electron chi connectivity index (χ0n) is 11.1. The van der Waals surface area contributed by atoms with E-state index in [2.05, 4.69) is 24.3 Å². The van der Waals surface area contributed by atoms with Gasteiger partial charge in [0.25, 0.3) is 0 Å². The molecule has 3 nitrogen and oxygen atoms in total. The van der Waals surface area contributed by atoms with Gasteiger partial charge < -0.3 is 16.2 Å². The number of halogens is 1. The molecule has 0 aliphatic carbocycles. The Balaban J connectivity index is 0.00000180. The third kappa shape index (κ3) is 3.83. The van der Waals surface area contributed by atoms with Crippen molar-refractivity contribution in [3.05, 3.63) is 42.0 Å². The highest BCUT2D eigenvalue weighted by Crippen LogP contribution is 2.25. The minimum atomic E-state index is 0. The second-order valence-corrected chi connectivity index (χ2v) is 4.51. The predicted molar refractivity (Wildman–Crippen MR) is 83.0 cm³/mol. The third-order valence-corrected chi connectivity index (χ3v) is 3.22. The molecule has 19 heavy (non-hydrogen) atoms. The molecule has 1 atom stereocenters. The Kier molecular flexibility index (Phi) is 6.09. The van der Waals surface area contributed by atoms with Gasteiger partial charge in [-0.25, -0.2) is 0 Å². The molecular formula is C15H21ClN2O. The maximum absolute atomic E-state index is 6.15. The number of methoxy groups -OCH3 is 1. The van der Waals surface area contributed by atoms with E-state index < -0.39 is 0 Å². The van der Waals surface area contributed by atoms with Crippen molar-refractivity contribution in [1.82, 2.24) is 0 Å². The second-order valence-electron chi connectivity index (χ2n) is 4.51. The number of rotatable bonds is 5. The molecule has 0 aliphatic rings. The molecule has 0 fully saturated rings. The van der Waals surface area contributed by atoms with Gasteiger partial charge in [-0.15, -0.1) is 12.4 Å². The Hall–Kier alpha value is -1.29. The molecule has 0 saturated heterocycles. The average molecular weight is 281 g/mol. The van der Waals surface area contributed by atoms with Crippen molar-refractivity contribution < 1.29 is 4.74 Å². The number of hydrogen-bond donors (Lipinski definition) is 2. The van der Waals surface area contributed by atoms with E-state index in [-0.39, 0.29) is 18.4 Å². The lowest BCUT2D eigenvalue weighted by molar-refractivity contribution is 0.415. The first kappa shape index (κ1) is 15.8. The molecule has 0 radical (unpaired) electrons. The zero-order chi connectivity index (χ0) is 13.0. The van der Waals surface area contributed by atoms with E-state index in [0.717, 1.165) is 18.6 Å². The topological polar surface area (TPSA) is 61.3 Å². The number of nitrogens with two attached hydrogens (primary N) is 2. The van der Waals surface area contributed by atoms with Crippen molar-refractivity contribution in [3.8, 4) is 5.75 Å². The van der Waals surface area contributed by atoms with Crippen LogP contribution in [0.2, 0.25) is 0 Å². The molecule has 2 rings (SSSR count). The molecule has 2 aromatic carbocycles. The maximum Gasteiger partial charge on any atom is 0.119 e. The van der Waals surface area contributed by atoms with E-state index >= 15 is 0 Å².